The van der Waals surface area contributed by atoms with Gasteiger partial charge in [0.05, 0.1) is 5.66 Å². The van der Waals surface area contributed by atoms with Crippen LogP contribution in [-0.4, -0.2) is 11.6 Å². The van der Waals surface area contributed by atoms with Crippen LogP contribution in [0.3, 0.4) is 0 Å². The molecule has 0 heterocycles. The van der Waals surface area contributed by atoms with E-state index in [2.05, 4.69) is 5.32 Å². The Labute approximate surface area is 120 Å². The molecule has 3 aliphatic rings. The first-order valence-electron chi connectivity index (χ1n) is 7.50. The van der Waals surface area contributed by atoms with Crippen molar-refractivity contribution in [3.63, 3.8) is 0 Å². The fraction of sp³-hybridized carbons (Fsp3) is 0.471. The number of fused-ring (bicyclic) bond motifs is 3. The third-order valence-corrected chi connectivity index (χ3v) is 4.78. The Morgan fingerprint density at radius 2 is 1.90 bits per heavy atom. The molecule has 0 spiro atoms. The molecule has 1 amide bonds. The SMILES string of the molecule is NC1(NC(=O)C=Cc2ccccc2)CC2CCC1CC2. The van der Waals surface area contributed by atoms with Gasteiger partial charge in [-0.15, -0.1) is 0 Å². The van der Waals surface area contributed by atoms with Crippen LogP contribution in [0.15, 0.2) is 36.4 Å². The maximum Gasteiger partial charge on any atom is 0.245 e. The summed E-state index contributed by atoms with van der Waals surface area (Å²) in [5.41, 5.74) is 6.99. The van der Waals surface area contributed by atoms with E-state index in [0.717, 1.165) is 24.8 Å². The highest BCUT2D eigenvalue weighted by Gasteiger charge is 2.45. The Balaban J connectivity index is 1.63. The first-order valence-corrected chi connectivity index (χ1v) is 7.50. The summed E-state index contributed by atoms with van der Waals surface area (Å²) in [6.07, 6.45) is 9.22. The summed E-state index contributed by atoms with van der Waals surface area (Å²) < 4.78 is 0. The van der Waals surface area contributed by atoms with Gasteiger partial charge in [-0.3, -0.25) is 4.79 Å². The van der Waals surface area contributed by atoms with E-state index in [1.54, 1.807) is 6.08 Å². The third kappa shape index (κ3) is 2.78. The summed E-state index contributed by atoms with van der Waals surface area (Å²) in [4.78, 5) is 12.1. The Morgan fingerprint density at radius 3 is 2.50 bits per heavy atom. The fourth-order valence-corrected chi connectivity index (χ4v) is 3.69. The quantitative estimate of drug-likeness (QED) is 0.655. The van der Waals surface area contributed by atoms with E-state index in [0.29, 0.717) is 11.8 Å². The molecular weight excluding hydrogens is 248 g/mol. The number of rotatable bonds is 3. The van der Waals surface area contributed by atoms with Gasteiger partial charge in [0.2, 0.25) is 5.91 Å². The zero-order chi connectivity index (χ0) is 14.0. The molecule has 1 unspecified atom stereocenters. The molecular formula is C17H22N2O. The van der Waals surface area contributed by atoms with Crippen LogP contribution < -0.4 is 11.1 Å². The lowest BCUT2D eigenvalue weighted by atomic mass is 9.64. The van der Waals surface area contributed by atoms with E-state index >= 15 is 0 Å². The second-order valence-corrected chi connectivity index (χ2v) is 6.20. The van der Waals surface area contributed by atoms with Crippen LogP contribution in [0.25, 0.3) is 6.08 Å². The summed E-state index contributed by atoms with van der Waals surface area (Å²) in [5, 5.41) is 3.05. The largest absolute Gasteiger partial charge is 0.334 e. The molecule has 1 aromatic rings. The number of hydrogen-bond acceptors (Lipinski definition) is 2. The van der Waals surface area contributed by atoms with Crippen LogP contribution in [0.1, 0.15) is 37.7 Å². The number of carbonyl (C=O) groups excluding carboxylic acids is 1. The van der Waals surface area contributed by atoms with Gasteiger partial charge in [0.1, 0.15) is 0 Å². The first-order chi connectivity index (χ1) is 9.66. The lowest BCUT2D eigenvalue weighted by molar-refractivity contribution is -0.120. The van der Waals surface area contributed by atoms with Crippen molar-refractivity contribution >= 4 is 12.0 Å². The highest BCUT2D eigenvalue weighted by Crippen LogP contribution is 2.44. The van der Waals surface area contributed by atoms with Crippen molar-refractivity contribution in [3.05, 3.63) is 42.0 Å². The number of nitrogens with two attached hydrogens (primary N) is 1. The van der Waals surface area contributed by atoms with Crippen molar-refractivity contribution in [3.8, 4) is 0 Å². The Bertz CT molecular complexity index is 503. The van der Waals surface area contributed by atoms with Crippen molar-refractivity contribution in [2.24, 2.45) is 17.6 Å². The topological polar surface area (TPSA) is 55.1 Å². The standard InChI is InChI=1S/C17H22N2O/c18-17(12-14-6-9-15(17)10-7-14)19-16(20)11-8-13-4-2-1-3-5-13/h1-5,8,11,14-15H,6-7,9-10,12,18H2,(H,19,20). The molecule has 4 rings (SSSR count). The van der Waals surface area contributed by atoms with Crippen molar-refractivity contribution < 1.29 is 4.79 Å². The monoisotopic (exact) mass is 270 g/mol. The van der Waals surface area contributed by atoms with Gasteiger partial charge < -0.3 is 11.1 Å². The molecule has 106 valence electrons. The highest BCUT2D eigenvalue weighted by atomic mass is 16.1. The van der Waals surface area contributed by atoms with Crippen molar-refractivity contribution in [2.45, 2.75) is 37.8 Å². The predicted molar refractivity (Wildman–Crippen MR) is 80.6 cm³/mol. The molecule has 3 N–H and O–H groups in total. The average Bonchev–Trinajstić information content (AvgIpc) is 2.47. The first kappa shape index (κ1) is 13.4. The minimum atomic E-state index is -0.487. The minimum Gasteiger partial charge on any atom is -0.334 e. The van der Waals surface area contributed by atoms with Gasteiger partial charge in [-0.05, 0) is 55.6 Å². The molecule has 3 aliphatic carbocycles. The minimum absolute atomic E-state index is 0.0797. The van der Waals surface area contributed by atoms with Crippen LogP contribution >= 0.6 is 0 Å². The van der Waals surface area contributed by atoms with Gasteiger partial charge in [-0.25, -0.2) is 0 Å². The lowest BCUT2D eigenvalue weighted by Gasteiger charge is -2.49. The van der Waals surface area contributed by atoms with Crippen LogP contribution in [0.5, 0.6) is 0 Å². The van der Waals surface area contributed by atoms with Crippen LogP contribution in [0.4, 0.5) is 0 Å². The number of benzene rings is 1. The molecule has 0 saturated heterocycles. The van der Waals surface area contributed by atoms with E-state index < -0.39 is 5.66 Å². The van der Waals surface area contributed by atoms with Crippen LogP contribution in [0.2, 0.25) is 0 Å². The normalized spacial score (nSPS) is 32.5. The van der Waals surface area contributed by atoms with Gasteiger partial charge in [-0.1, -0.05) is 30.3 Å². The van der Waals surface area contributed by atoms with Gasteiger partial charge in [-0.2, -0.15) is 0 Å². The molecule has 1 aromatic carbocycles. The van der Waals surface area contributed by atoms with Gasteiger partial charge in [0, 0.05) is 6.08 Å². The molecule has 3 saturated carbocycles. The van der Waals surface area contributed by atoms with Crippen molar-refractivity contribution in [2.75, 3.05) is 0 Å². The summed E-state index contributed by atoms with van der Waals surface area (Å²) in [6, 6.07) is 9.84. The van der Waals surface area contributed by atoms with E-state index in [9.17, 15) is 4.79 Å². The van der Waals surface area contributed by atoms with E-state index in [1.807, 2.05) is 36.4 Å². The van der Waals surface area contributed by atoms with E-state index in [1.165, 1.54) is 12.8 Å². The molecule has 0 radical (unpaired) electrons. The zero-order valence-corrected chi connectivity index (χ0v) is 11.7. The Morgan fingerprint density at radius 1 is 1.20 bits per heavy atom. The lowest BCUT2D eigenvalue weighted by Crippen LogP contribution is -2.64. The van der Waals surface area contributed by atoms with Gasteiger partial charge in [0.15, 0.2) is 0 Å². The van der Waals surface area contributed by atoms with Crippen LogP contribution in [0, 0.1) is 11.8 Å². The fourth-order valence-electron chi connectivity index (χ4n) is 3.69. The summed E-state index contributed by atoms with van der Waals surface area (Å²) >= 11 is 0. The zero-order valence-electron chi connectivity index (χ0n) is 11.7. The molecule has 1 atom stereocenters. The highest BCUT2D eigenvalue weighted by molar-refractivity contribution is 5.92. The average molecular weight is 270 g/mol. The van der Waals surface area contributed by atoms with Gasteiger partial charge in [0.25, 0.3) is 0 Å². The van der Waals surface area contributed by atoms with E-state index in [-0.39, 0.29) is 5.91 Å². The molecule has 0 aliphatic heterocycles. The Hall–Kier alpha value is -1.61. The molecule has 20 heavy (non-hydrogen) atoms. The van der Waals surface area contributed by atoms with E-state index in [4.69, 9.17) is 5.73 Å². The van der Waals surface area contributed by atoms with Crippen molar-refractivity contribution in [1.82, 2.24) is 5.32 Å². The third-order valence-electron chi connectivity index (χ3n) is 4.78. The van der Waals surface area contributed by atoms with Gasteiger partial charge >= 0.3 is 0 Å². The van der Waals surface area contributed by atoms with Crippen LogP contribution in [-0.2, 0) is 4.79 Å². The second-order valence-electron chi connectivity index (χ2n) is 6.20. The maximum atomic E-state index is 12.1. The number of nitrogens with one attached hydrogen (secondary N) is 1. The molecule has 3 heteroatoms. The Kier molecular flexibility index (Phi) is 3.62. The number of hydrogen-bond donors (Lipinski definition) is 2. The molecule has 0 aromatic heterocycles. The summed E-state index contributed by atoms with van der Waals surface area (Å²) in [6.45, 7) is 0. The summed E-state index contributed by atoms with van der Waals surface area (Å²) in [5.74, 6) is 1.06. The maximum absolute atomic E-state index is 12.1. The number of carbonyl (C=O) groups is 1. The van der Waals surface area contributed by atoms with Crippen molar-refractivity contribution in [1.29, 1.82) is 0 Å². The number of amides is 1. The predicted octanol–water partition coefficient (Wildman–Crippen LogP) is 2.68. The second kappa shape index (κ2) is 5.41. The smallest absolute Gasteiger partial charge is 0.245 e. The molecule has 3 nitrogen and oxygen atoms in total. The molecule has 2 bridgehead atoms. The molecule has 3 fully saturated rings. The summed E-state index contributed by atoms with van der Waals surface area (Å²) in [7, 11) is 0.